The van der Waals surface area contributed by atoms with E-state index in [1.165, 1.54) is 12.5 Å². The number of carbonyl (C=O) groups excluding carboxylic acids is 2. The lowest BCUT2D eigenvalue weighted by Crippen LogP contribution is -2.22. The number of primary amides is 1. The summed E-state index contributed by atoms with van der Waals surface area (Å²) in [5.74, 6) is -0.291. The zero-order chi connectivity index (χ0) is 20.3. The summed E-state index contributed by atoms with van der Waals surface area (Å²) in [4.78, 5) is 31.8. The molecule has 1 fully saturated rings. The largest absolute Gasteiger partial charge is 0.463 e. The van der Waals surface area contributed by atoms with E-state index in [1.54, 1.807) is 6.92 Å². The van der Waals surface area contributed by atoms with Gasteiger partial charge in [-0.05, 0) is 50.5 Å². The molecule has 0 radical (unpaired) electrons. The molecule has 3 rings (SSSR count). The van der Waals surface area contributed by atoms with Gasteiger partial charge in [0.2, 0.25) is 0 Å². The first-order chi connectivity index (χ1) is 13.4. The van der Waals surface area contributed by atoms with Crippen molar-refractivity contribution < 1.29 is 14.3 Å². The summed E-state index contributed by atoms with van der Waals surface area (Å²) in [6.45, 7) is 5.24. The molecular weight excluding hydrogens is 354 g/mol. The van der Waals surface area contributed by atoms with Crippen LogP contribution >= 0.6 is 0 Å². The van der Waals surface area contributed by atoms with Crippen molar-refractivity contribution in [3.05, 3.63) is 46.9 Å². The minimum absolute atomic E-state index is 0.0511. The van der Waals surface area contributed by atoms with Crippen LogP contribution in [0.25, 0.3) is 11.3 Å². The molecule has 148 valence electrons. The zero-order valence-corrected chi connectivity index (χ0v) is 16.7. The van der Waals surface area contributed by atoms with Crippen LogP contribution in [0.1, 0.15) is 72.9 Å². The highest BCUT2D eigenvalue weighted by molar-refractivity contribution is 5.92. The van der Waals surface area contributed by atoms with Gasteiger partial charge in [-0.1, -0.05) is 31.2 Å². The predicted octanol–water partition coefficient (Wildman–Crippen LogP) is 3.70. The molecule has 0 bridgehead atoms. The third-order valence-electron chi connectivity index (χ3n) is 5.37. The molecule has 1 aromatic heterocycles. The first-order valence-corrected chi connectivity index (χ1v) is 9.83. The molecule has 1 heterocycles. The van der Waals surface area contributed by atoms with Gasteiger partial charge in [0.05, 0.1) is 17.1 Å². The van der Waals surface area contributed by atoms with Gasteiger partial charge in [-0.3, -0.25) is 14.6 Å². The van der Waals surface area contributed by atoms with E-state index in [0.717, 1.165) is 43.4 Å². The van der Waals surface area contributed by atoms with E-state index in [4.69, 9.17) is 10.5 Å². The van der Waals surface area contributed by atoms with E-state index in [0.29, 0.717) is 17.3 Å². The number of amides is 1. The average Bonchev–Trinajstić information content (AvgIpc) is 2.68. The third kappa shape index (κ3) is 4.38. The number of rotatable bonds is 5. The van der Waals surface area contributed by atoms with Gasteiger partial charge in [0, 0.05) is 12.5 Å². The van der Waals surface area contributed by atoms with Gasteiger partial charge in [0.15, 0.2) is 0 Å². The molecule has 0 aliphatic heterocycles. The van der Waals surface area contributed by atoms with E-state index in [1.807, 2.05) is 19.1 Å². The third-order valence-corrected chi connectivity index (χ3v) is 5.37. The molecule has 2 aromatic rings. The average molecular weight is 381 g/mol. The van der Waals surface area contributed by atoms with Crippen LogP contribution in [0, 0.1) is 6.92 Å². The Bertz CT molecular complexity index is 869. The molecule has 6 heteroatoms. The van der Waals surface area contributed by atoms with Crippen LogP contribution in [0.5, 0.6) is 0 Å². The van der Waals surface area contributed by atoms with E-state index in [2.05, 4.69) is 22.1 Å². The van der Waals surface area contributed by atoms with Gasteiger partial charge >= 0.3 is 5.97 Å². The summed E-state index contributed by atoms with van der Waals surface area (Å²) >= 11 is 0. The SMILES string of the molecule is CCc1nc(C)c(C(N)=O)nc1-c1ccc(C2CCC(OC(C)=O)CC2)cc1. The number of ether oxygens (including phenoxy) is 1. The molecule has 1 amide bonds. The summed E-state index contributed by atoms with van der Waals surface area (Å²) in [5, 5.41) is 0. The summed E-state index contributed by atoms with van der Waals surface area (Å²) in [5.41, 5.74) is 10.0. The Morgan fingerprint density at radius 2 is 1.75 bits per heavy atom. The van der Waals surface area contributed by atoms with Crippen molar-refractivity contribution in [3.63, 3.8) is 0 Å². The fraction of sp³-hybridized carbons (Fsp3) is 0.455. The molecule has 2 N–H and O–H groups in total. The first kappa shape index (κ1) is 20.0. The highest BCUT2D eigenvalue weighted by Crippen LogP contribution is 2.35. The molecule has 1 aliphatic rings. The van der Waals surface area contributed by atoms with Crippen molar-refractivity contribution >= 4 is 11.9 Å². The molecule has 1 saturated carbocycles. The number of nitrogens with two attached hydrogens (primary N) is 1. The van der Waals surface area contributed by atoms with Crippen LogP contribution in [-0.4, -0.2) is 27.9 Å². The lowest BCUT2D eigenvalue weighted by Gasteiger charge is -2.28. The number of hydrogen-bond acceptors (Lipinski definition) is 5. The van der Waals surface area contributed by atoms with Crippen molar-refractivity contribution in [1.82, 2.24) is 9.97 Å². The fourth-order valence-electron chi connectivity index (χ4n) is 3.94. The monoisotopic (exact) mass is 381 g/mol. The minimum atomic E-state index is -0.560. The van der Waals surface area contributed by atoms with Gasteiger partial charge in [0.25, 0.3) is 5.91 Å². The number of esters is 1. The topological polar surface area (TPSA) is 95.2 Å². The second kappa shape index (κ2) is 8.50. The van der Waals surface area contributed by atoms with E-state index < -0.39 is 5.91 Å². The molecular formula is C22H27N3O3. The molecule has 0 unspecified atom stereocenters. The molecule has 1 aromatic carbocycles. The van der Waals surface area contributed by atoms with Gasteiger partial charge in [-0.25, -0.2) is 4.98 Å². The Hall–Kier alpha value is -2.76. The summed E-state index contributed by atoms with van der Waals surface area (Å²) in [6.07, 6.45) is 4.59. The summed E-state index contributed by atoms with van der Waals surface area (Å²) in [6, 6.07) is 8.32. The van der Waals surface area contributed by atoms with Gasteiger partial charge in [-0.2, -0.15) is 0 Å². The van der Waals surface area contributed by atoms with E-state index >= 15 is 0 Å². The van der Waals surface area contributed by atoms with Crippen LogP contribution < -0.4 is 5.73 Å². The number of aromatic nitrogens is 2. The van der Waals surface area contributed by atoms with Crippen molar-refractivity contribution in [2.45, 2.75) is 64.9 Å². The highest BCUT2D eigenvalue weighted by atomic mass is 16.5. The van der Waals surface area contributed by atoms with Gasteiger partial charge < -0.3 is 10.5 Å². The standard InChI is InChI=1S/C22H27N3O3/c1-4-19-21(25-20(22(23)27)13(2)24-19)17-7-5-15(6-8-17)16-9-11-18(12-10-16)28-14(3)26/h5-8,16,18H,4,9-12H2,1-3H3,(H2,23,27). The Kier molecular flexibility index (Phi) is 6.07. The van der Waals surface area contributed by atoms with Crippen LogP contribution in [0.15, 0.2) is 24.3 Å². The zero-order valence-electron chi connectivity index (χ0n) is 16.7. The maximum Gasteiger partial charge on any atom is 0.302 e. The predicted molar refractivity (Wildman–Crippen MR) is 107 cm³/mol. The highest BCUT2D eigenvalue weighted by Gasteiger charge is 2.24. The summed E-state index contributed by atoms with van der Waals surface area (Å²) in [7, 11) is 0. The van der Waals surface area contributed by atoms with E-state index in [-0.39, 0.29) is 17.8 Å². The number of carbonyl (C=O) groups is 2. The quantitative estimate of drug-likeness (QED) is 0.797. The van der Waals surface area contributed by atoms with E-state index in [9.17, 15) is 9.59 Å². The second-order valence-corrected chi connectivity index (χ2v) is 7.38. The Morgan fingerprint density at radius 3 is 2.29 bits per heavy atom. The Balaban J connectivity index is 1.79. The van der Waals surface area contributed by atoms with Crippen LogP contribution in [0.2, 0.25) is 0 Å². The summed E-state index contributed by atoms with van der Waals surface area (Å²) < 4.78 is 5.33. The molecule has 0 saturated heterocycles. The lowest BCUT2D eigenvalue weighted by atomic mass is 9.82. The molecule has 28 heavy (non-hydrogen) atoms. The number of aryl methyl sites for hydroxylation is 2. The maximum absolute atomic E-state index is 11.6. The molecule has 0 spiro atoms. The van der Waals surface area contributed by atoms with Gasteiger partial charge in [-0.15, -0.1) is 0 Å². The smallest absolute Gasteiger partial charge is 0.302 e. The normalized spacial score (nSPS) is 19.2. The Morgan fingerprint density at radius 1 is 1.11 bits per heavy atom. The molecule has 6 nitrogen and oxygen atoms in total. The minimum Gasteiger partial charge on any atom is -0.463 e. The van der Waals surface area contributed by atoms with Crippen molar-refractivity contribution in [1.29, 1.82) is 0 Å². The first-order valence-electron chi connectivity index (χ1n) is 9.83. The van der Waals surface area contributed by atoms with Crippen LogP contribution in [0.3, 0.4) is 0 Å². The Labute approximate surface area is 165 Å². The van der Waals surface area contributed by atoms with Crippen LogP contribution in [-0.2, 0) is 16.0 Å². The van der Waals surface area contributed by atoms with Crippen molar-refractivity contribution in [2.75, 3.05) is 0 Å². The van der Waals surface area contributed by atoms with Crippen molar-refractivity contribution in [2.24, 2.45) is 5.73 Å². The second-order valence-electron chi connectivity index (χ2n) is 7.38. The lowest BCUT2D eigenvalue weighted by molar-refractivity contribution is -0.147. The number of hydrogen-bond donors (Lipinski definition) is 1. The van der Waals surface area contributed by atoms with Gasteiger partial charge in [0.1, 0.15) is 11.8 Å². The van der Waals surface area contributed by atoms with Crippen LogP contribution in [0.4, 0.5) is 0 Å². The fourth-order valence-corrected chi connectivity index (χ4v) is 3.94. The number of benzene rings is 1. The number of nitrogens with zero attached hydrogens (tertiary/aromatic N) is 2. The maximum atomic E-state index is 11.6. The molecule has 1 aliphatic carbocycles. The van der Waals surface area contributed by atoms with Crippen molar-refractivity contribution in [3.8, 4) is 11.3 Å². The molecule has 0 atom stereocenters.